The first-order valence-corrected chi connectivity index (χ1v) is 2.97. The van der Waals surface area contributed by atoms with E-state index < -0.39 is 0 Å². The van der Waals surface area contributed by atoms with Crippen LogP contribution in [0, 0.1) is 0 Å². The molecule has 0 aliphatic rings. The minimum atomic E-state index is -0.128. The summed E-state index contributed by atoms with van der Waals surface area (Å²) in [6.45, 7) is 0.410. The fourth-order valence-corrected chi connectivity index (χ4v) is 0.167. The zero-order valence-corrected chi connectivity index (χ0v) is 8.02. The molecule has 0 unspecified atom stereocenters. The van der Waals surface area contributed by atoms with E-state index in [0.29, 0.717) is 13.2 Å². The third-order valence-electron chi connectivity index (χ3n) is 0.575. The van der Waals surface area contributed by atoms with Crippen LogP contribution in [0.4, 0.5) is 0 Å². The summed E-state index contributed by atoms with van der Waals surface area (Å²) in [5.74, 6) is 0. The molecule has 0 saturated carbocycles. The Balaban J connectivity index is -0.000000107. The molecule has 0 bridgehead atoms. The molecule has 0 aromatic rings. The van der Waals surface area contributed by atoms with Gasteiger partial charge in [-0.1, -0.05) is 0 Å². The molecule has 0 saturated heterocycles. The topological polar surface area (TPSA) is 64.6 Å². The van der Waals surface area contributed by atoms with Gasteiger partial charge in [0.1, 0.15) is 0 Å². The van der Waals surface area contributed by atoms with Crippen LogP contribution in [0.25, 0.3) is 0 Å². The molecule has 0 heterocycles. The van der Waals surface area contributed by atoms with Crippen molar-refractivity contribution < 1.29 is 36.8 Å². The fraction of sp³-hybridized carbons (Fsp3) is 1.00. The van der Waals surface area contributed by atoms with Gasteiger partial charge in [0.2, 0.25) is 0 Å². The summed E-state index contributed by atoms with van der Waals surface area (Å²) in [6.07, 6.45) is 0. The molecular formula is C6H14MnO4. The number of ether oxygens (including phenoxy) is 2. The Hall–Kier alpha value is 0.359. The van der Waals surface area contributed by atoms with E-state index in [1.165, 1.54) is 14.2 Å². The van der Waals surface area contributed by atoms with E-state index in [-0.39, 0.29) is 30.3 Å². The molecule has 0 atom stereocenters. The molecule has 1 radical (unpaired) electrons. The Morgan fingerprint density at radius 1 is 0.909 bits per heavy atom. The molecule has 0 aromatic carbocycles. The van der Waals surface area contributed by atoms with Crippen molar-refractivity contribution in [3.8, 4) is 0 Å². The van der Waals surface area contributed by atoms with Gasteiger partial charge >= 0.3 is 17.1 Å². The number of rotatable bonds is 4. The SMILES string of the molecule is COCC[O-].COCC[O-].[Mn+2]. The van der Waals surface area contributed by atoms with Gasteiger partial charge < -0.3 is 19.7 Å². The minimum absolute atomic E-state index is 0. The molecule has 5 heteroatoms. The van der Waals surface area contributed by atoms with Crippen LogP contribution in [0.1, 0.15) is 0 Å². The van der Waals surface area contributed by atoms with Crippen LogP contribution in [0.15, 0.2) is 0 Å². The molecule has 0 fully saturated rings. The van der Waals surface area contributed by atoms with Crippen molar-refractivity contribution >= 4 is 0 Å². The first-order valence-electron chi connectivity index (χ1n) is 2.97. The van der Waals surface area contributed by atoms with Crippen molar-refractivity contribution in [1.29, 1.82) is 0 Å². The molecular weight excluding hydrogens is 191 g/mol. The van der Waals surface area contributed by atoms with Crippen molar-refractivity contribution in [2.24, 2.45) is 0 Å². The summed E-state index contributed by atoms with van der Waals surface area (Å²) in [4.78, 5) is 0. The Bertz CT molecular complexity index is 35.6. The molecule has 4 nitrogen and oxygen atoms in total. The largest absolute Gasteiger partial charge is 2.00 e. The van der Waals surface area contributed by atoms with Gasteiger partial charge in [-0.15, -0.1) is 13.2 Å². The van der Waals surface area contributed by atoms with Crippen LogP contribution in [0.3, 0.4) is 0 Å². The van der Waals surface area contributed by atoms with Gasteiger partial charge in [-0.2, -0.15) is 0 Å². The number of methoxy groups -OCH3 is 2. The summed E-state index contributed by atoms with van der Waals surface area (Å²) in [6, 6.07) is 0. The maximum atomic E-state index is 9.40. The third kappa shape index (κ3) is 38.1. The fourth-order valence-electron chi connectivity index (χ4n) is 0.167. The van der Waals surface area contributed by atoms with Crippen LogP contribution in [-0.2, 0) is 26.5 Å². The van der Waals surface area contributed by atoms with Gasteiger partial charge in [0, 0.05) is 27.4 Å². The summed E-state index contributed by atoms with van der Waals surface area (Å²) >= 11 is 0. The predicted molar refractivity (Wildman–Crippen MR) is 33.5 cm³/mol. The standard InChI is InChI=1S/2C3H7O2.Mn/c2*1-5-3-2-4;/h2*2-3H2,1H3;/q2*-1;+2. The van der Waals surface area contributed by atoms with Crippen molar-refractivity contribution in [2.45, 2.75) is 0 Å². The van der Waals surface area contributed by atoms with Gasteiger partial charge in [-0.05, 0) is 0 Å². The van der Waals surface area contributed by atoms with Crippen LogP contribution in [0.2, 0.25) is 0 Å². The van der Waals surface area contributed by atoms with E-state index in [9.17, 15) is 10.2 Å². The first kappa shape index (κ1) is 17.4. The van der Waals surface area contributed by atoms with Crippen molar-refractivity contribution in [1.82, 2.24) is 0 Å². The molecule has 0 aromatic heterocycles. The zero-order valence-electron chi connectivity index (χ0n) is 6.84. The zero-order chi connectivity index (χ0) is 8.24. The Labute approximate surface area is 78.0 Å². The summed E-state index contributed by atoms with van der Waals surface area (Å²) in [7, 11) is 3.02. The molecule has 0 aliphatic carbocycles. The normalized spacial score (nSPS) is 7.64. The second-order valence-electron chi connectivity index (χ2n) is 1.39. The van der Waals surface area contributed by atoms with Gasteiger partial charge in [-0.25, -0.2) is 0 Å². The van der Waals surface area contributed by atoms with Crippen LogP contribution >= 0.6 is 0 Å². The van der Waals surface area contributed by atoms with Crippen LogP contribution in [-0.4, -0.2) is 40.6 Å². The summed E-state index contributed by atoms with van der Waals surface area (Å²) in [5, 5.41) is 18.8. The average Bonchev–Trinajstić information content (AvgIpc) is 1.93. The molecule has 11 heavy (non-hydrogen) atoms. The summed E-state index contributed by atoms with van der Waals surface area (Å²) in [5.41, 5.74) is 0. The van der Waals surface area contributed by atoms with E-state index in [1.54, 1.807) is 0 Å². The minimum Gasteiger partial charge on any atom is -0.853 e. The van der Waals surface area contributed by atoms with E-state index in [4.69, 9.17) is 0 Å². The van der Waals surface area contributed by atoms with Crippen LogP contribution in [0.5, 0.6) is 0 Å². The Morgan fingerprint density at radius 3 is 1.18 bits per heavy atom. The summed E-state index contributed by atoms with van der Waals surface area (Å²) < 4.78 is 8.76. The Kier molecular flexibility index (Phi) is 35.6. The Morgan fingerprint density at radius 2 is 1.18 bits per heavy atom. The van der Waals surface area contributed by atoms with Crippen molar-refractivity contribution in [3.63, 3.8) is 0 Å². The van der Waals surface area contributed by atoms with E-state index >= 15 is 0 Å². The second kappa shape index (κ2) is 22.4. The molecule has 0 amide bonds. The molecule has 0 rings (SSSR count). The predicted octanol–water partition coefficient (Wildman–Crippen LogP) is -2.02. The maximum Gasteiger partial charge on any atom is 2.00 e. The molecule has 0 aliphatic heterocycles. The van der Waals surface area contributed by atoms with Gasteiger partial charge in [-0.3, -0.25) is 0 Å². The first-order chi connectivity index (χ1) is 4.83. The average molecular weight is 205 g/mol. The maximum absolute atomic E-state index is 9.40. The van der Waals surface area contributed by atoms with Gasteiger partial charge in [0.25, 0.3) is 0 Å². The van der Waals surface area contributed by atoms with E-state index in [0.717, 1.165) is 0 Å². The van der Waals surface area contributed by atoms with Crippen LogP contribution < -0.4 is 10.2 Å². The van der Waals surface area contributed by atoms with Gasteiger partial charge in [0.15, 0.2) is 0 Å². The smallest absolute Gasteiger partial charge is 0.853 e. The molecule has 69 valence electrons. The quantitative estimate of drug-likeness (QED) is 0.497. The van der Waals surface area contributed by atoms with Crippen molar-refractivity contribution in [3.05, 3.63) is 0 Å². The van der Waals surface area contributed by atoms with Gasteiger partial charge in [0.05, 0.1) is 0 Å². The number of hydrogen-bond acceptors (Lipinski definition) is 4. The van der Waals surface area contributed by atoms with E-state index in [2.05, 4.69) is 9.47 Å². The second-order valence-corrected chi connectivity index (χ2v) is 1.39. The number of hydrogen-bond donors (Lipinski definition) is 0. The third-order valence-corrected chi connectivity index (χ3v) is 0.575. The molecule has 0 N–H and O–H groups in total. The monoisotopic (exact) mass is 205 g/mol. The molecule has 0 spiro atoms. The van der Waals surface area contributed by atoms with E-state index in [1.807, 2.05) is 0 Å². The van der Waals surface area contributed by atoms with Crippen molar-refractivity contribution in [2.75, 3.05) is 40.6 Å².